The Bertz CT molecular complexity index is 377. The summed E-state index contributed by atoms with van der Waals surface area (Å²) in [4.78, 5) is 0. The van der Waals surface area contributed by atoms with Crippen molar-refractivity contribution in [3.05, 3.63) is 29.8 Å². The van der Waals surface area contributed by atoms with Crippen molar-refractivity contribution < 1.29 is 9.47 Å². The second-order valence-electron chi connectivity index (χ2n) is 4.98. The molecule has 1 aromatic rings. The lowest BCUT2D eigenvalue weighted by Crippen LogP contribution is -2.27. The van der Waals surface area contributed by atoms with Crippen LogP contribution in [-0.2, 0) is 4.74 Å². The van der Waals surface area contributed by atoms with Crippen molar-refractivity contribution in [1.29, 1.82) is 0 Å². The van der Waals surface area contributed by atoms with Crippen LogP contribution in [0.25, 0.3) is 0 Å². The Morgan fingerprint density at radius 1 is 1.39 bits per heavy atom. The fourth-order valence-corrected chi connectivity index (χ4v) is 2.12. The van der Waals surface area contributed by atoms with E-state index < -0.39 is 0 Å². The van der Waals surface area contributed by atoms with Gasteiger partial charge in [0.05, 0.1) is 18.2 Å². The predicted octanol–water partition coefficient (Wildman–Crippen LogP) is 3.04. The first-order valence-electron chi connectivity index (χ1n) is 6.79. The molecule has 2 unspecified atom stereocenters. The van der Waals surface area contributed by atoms with E-state index in [0.29, 0.717) is 6.10 Å². The number of hydrogen-bond donors (Lipinski definition) is 1. The molecule has 0 aliphatic heterocycles. The minimum atomic E-state index is -0.0855. The first-order valence-corrected chi connectivity index (χ1v) is 6.79. The average Bonchev–Trinajstić information content (AvgIpc) is 3.19. The summed E-state index contributed by atoms with van der Waals surface area (Å²) in [7, 11) is 1.73. The molecule has 0 amide bonds. The first kappa shape index (κ1) is 13.4. The Morgan fingerprint density at radius 2 is 2.17 bits per heavy atom. The van der Waals surface area contributed by atoms with E-state index >= 15 is 0 Å². The van der Waals surface area contributed by atoms with Crippen molar-refractivity contribution in [1.82, 2.24) is 0 Å². The van der Waals surface area contributed by atoms with Gasteiger partial charge in [-0.1, -0.05) is 25.5 Å². The summed E-state index contributed by atoms with van der Waals surface area (Å²) in [5.41, 5.74) is 7.36. The van der Waals surface area contributed by atoms with Crippen LogP contribution in [0.4, 0.5) is 0 Å². The van der Waals surface area contributed by atoms with E-state index in [9.17, 15) is 0 Å². The van der Waals surface area contributed by atoms with Gasteiger partial charge in [-0.15, -0.1) is 0 Å². The summed E-state index contributed by atoms with van der Waals surface area (Å²) in [6.07, 6.45) is 4.90. The number of methoxy groups -OCH3 is 1. The van der Waals surface area contributed by atoms with Crippen LogP contribution < -0.4 is 10.5 Å². The zero-order chi connectivity index (χ0) is 13.0. The molecule has 1 saturated carbocycles. The highest BCUT2D eigenvalue weighted by molar-refractivity contribution is 5.31. The first-order chi connectivity index (χ1) is 8.74. The number of rotatable bonds is 7. The molecule has 0 bridgehead atoms. The summed E-state index contributed by atoms with van der Waals surface area (Å²) >= 11 is 0. The van der Waals surface area contributed by atoms with Crippen molar-refractivity contribution in [2.45, 2.75) is 50.9 Å². The van der Waals surface area contributed by atoms with E-state index in [0.717, 1.165) is 24.2 Å². The van der Waals surface area contributed by atoms with Gasteiger partial charge < -0.3 is 15.2 Å². The molecule has 2 atom stereocenters. The van der Waals surface area contributed by atoms with Crippen LogP contribution in [-0.4, -0.2) is 19.3 Å². The van der Waals surface area contributed by atoms with Crippen LogP contribution in [0.5, 0.6) is 5.75 Å². The smallest absolute Gasteiger partial charge is 0.120 e. The van der Waals surface area contributed by atoms with Gasteiger partial charge in [-0.2, -0.15) is 0 Å². The summed E-state index contributed by atoms with van der Waals surface area (Å²) in [6, 6.07) is 8.01. The molecule has 0 radical (unpaired) electrons. The number of hydrogen-bond acceptors (Lipinski definition) is 3. The molecule has 2 N–H and O–H groups in total. The third-order valence-electron chi connectivity index (χ3n) is 3.35. The van der Waals surface area contributed by atoms with Gasteiger partial charge >= 0.3 is 0 Å². The number of nitrogens with two attached hydrogens (primary N) is 1. The SMILES string of the molecule is CCCC(OC)C(N)c1cccc(OC2CC2)c1. The lowest BCUT2D eigenvalue weighted by atomic mass is 9.99. The maximum absolute atomic E-state index is 6.27. The minimum absolute atomic E-state index is 0.0752. The highest BCUT2D eigenvalue weighted by Crippen LogP contribution is 2.29. The molecule has 18 heavy (non-hydrogen) atoms. The van der Waals surface area contributed by atoms with Gasteiger partial charge in [-0.05, 0) is 37.0 Å². The molecule has 1 fully saturated rings. The van der Waals surface area contributed by atoms with Crippen LogP contribution in [0.1, 0.15) is 44.2 Å². The molecule has 1 aliphatic carbocycles. The Kier molecular flexibility index (Phi) is 4.61. The van der Waals surface area contributed by atoms with Crippen molar-refractivity contribution >= 4 is 0 Å². The van der Waals surface area contributed by atoms with E-state index in [1.54, 1.807) is 7.11 Å². The molecule has 1 aromatic carbocycles. The average molecular weight is 249 g/mol. The van der Waals surface area contributed by atoms with Gasteiger partial charge in [0.2, 0.25) is 0 Å². The van der Waals surface area contributed by atoms with Gasteiger partial charge in [0.25, 0.3) is 0 Å². The monoisotopic (exact) mass is 249 g/mol. The quantitative estimate of drug-likeness (QED) is 0.807. The van der Waals surface area contributed by atoms with E-state index in [1.807, 2.05) is 24.3 Å². The molecule has 0 saturated heterocycles. The maximum Gasteiger partial charge on any atom is 0.120 e. The molecular weight excluding hydrogens is 226 g/mol. The fourth-order valence-electron chi connectivity index (χ4n) is 2.12. The molecule has 1 aliphatic rings. The van der Waals surface area contributed by atoms with Crippen LogP contribution in [0.15, 0.2) is 24.3 Å². The molecule has 0 spiro atoms. The molecule has 0 aromatic heterocycles. The Morgan fingerprint density at radius 3 is 2.78 bits per heavy atom. The third kappa shape index (κ3) is 3.47. The van der Waals surface area contributed by atoms with Crippen LogP contribution in [0.2, 0.25) is 0 Å². The number of benzene rings is 1. The molecule has 100 valence electrons. The van der Waals surface area contributed by atoms with E-state index in [4.69, 9.17) is 15.2 Å². The van der Waals surface area contributed by atoms with E-state index in [-0.39, 0.29) is 12.1 Å². The number of ether oxygens (including phenoxy) is 2. The Balaban J connectivity index is 2.05. The van der Waals surface area contributed by atoms with Crippen molar-refractivity contribution in [3.63, 3.8) is 0 Å². The Labute approximate surface area is 109 Å². The zero-order valence-corrected chi connectivity index (χ0v) is 11.3. The Hall–Kier alpha value is -1.06. The zero-order valence-electron chi connectivity index (χ0n) is 11.3. The molecule has 3 nitrogen and oxygen atoms in total. The second kappa shape index (κ2) is 6.21. The van der Waals surface area contributed by atoms with E-state index in [2.05, 4.69) is 6.92 Å². The molecule has 2 rings (SSSR count). The minimum Gasteiger partial charge on any atom is -0.490 e. The lowest BCUT2D eigenvalue weighted by molar-refractivity contribution is 0.0724. The third-order valence-corrected chi connectivity index (χ3v) is 3.35. The fraction of sp³-hybridized carbons (Fsp3) is 0.600. The van der Waals surface area contributed by atoms with Gasteiger partial charge in [-0.3, -0.25) is 0 Å². The lowest BCUT2D eigenvalue weighted by Gasteiger charge is -2.23. The van der Waals surface area contributed by atoms with E-state index in [1.165, 1.54) is 12.8 Å². The second-order valence-corrected chi connectivity index (χ2v) is 4.98. The summed E-state index contributed by atoms with van der Waals surface area (Å²) in [5.74, 6) is 0.928. The van der Waals surface area contributed by atoms with Gasteiger partial charge in [0, 0.05) is 7.11 Å². The van der Waals surface area contributed by atoms with Crippen molar-refractivity contribution in [2.75, 3.05) is 7.11 Å². The van der Waals surface area contributed by atoms with Gasteiger partial charge in [0.1, 0.15) is 5.75 Å². The van der Waals surface area contributed by atoms with Crippen LogP contribution in [0.3, 0.4) is 0 Å². The van der Waals surface area contributed by atoms with Gasteiger partial charge in [0.15, 0.2) is 0 Å². The largest absolute Gasteiger partial charge is 0.490 e. The van der Waals surface area contributed by atoms with Crippen LogP contribution >= 0.6 is 0 Å². The standard InChI is InChI=1S/C15H23NO2/c1-3-5-14(17-2)15(16)11-6-4-7-13(10-11)18-12-8-9-12/h4,6-7,10,12,14-15H,3,5,8-9,16H2,1-2H3. The predicted molar refractivity (Wildman–Crippen MR) is 72.7 cm³/mol. The summed E-state index contributed by atoms with van der Waals surface area (Å²) in [5, 5.41) is 0. The van der Waals surface area contributed by atoms with Crippen molar-refractivity contribution in [3.8, 4) is 5.75 Å². The topological polar surface area (TPSA) is 44.5 Å². The molecule has 0 heterocycles. The van der Waals surface area contributed by atoms with Gasteiger partial charge in [-0.25, -0.2) is 0 Å². The van der Waals surface area contributed by atoms with Crippen LogP contribution in [0, 0.1) is 0 Å². The maximum atomic E-state index is 6.27. The van der Waals surface area contributed by atoms with Crippen molar-refractivity contribution in [2.24, 2.45) is 5.73 Å². The highest BCUT2D eigenvalue weighted by Gasteiger charge is 2.24. The summed E-state index contributed by atoms with van der Waals surface area (Å²) < 4.78 is 11.3. The molecule has 3 heteroatoms. The highest BCUT2D eigenvalue weighted by atomic mass is 16.5. The normalized spacial score (nSPS) is 18.4. The molecular formula is C15H23NO2. The summed E-state index contributed by atoms with van der Waals surface area (Å²) in [6.45, 7) is 2.14.